The number of fused-ring (bicyclic) bond motifs is 1. The minimum Gasteiger partial charge on any atom is -0.494 e. The Balaban J connectivity index is 2.55. The molecule has 12 heavy (non-hydrogen) atoms. The molecule has 4 nitrogen and oxygen atoms in total. The Morgan fingerprint density at radius 1 is 1.42 bits per heavy atom. The third kappa shape index (κ3) is 0.887. The minimum atomic E-state index is 0.287. The van der Waals surface area contributed by atoms with Crippen molar-refractivity contribution in [2.24, 2.45) is 10.7 Å². The van der Waals surface area contributed by atoms with Gasteiger partial charge >= 0.3 is 0 Å². The molecule has 1 aromatic carbocycles. The highest BCUT2D eigenvalue weighted by Crippen LogP contribution is 2.38. The highest BCUT2D eigenvalue weighted by atomic mass is 16.5. The van der Waals surface area contributed by atoms with Crippen molar-refractivity contribution in [3.8, 4) is 5.75 Å². The summed E-state index contributed by atoms with van der Waals surface area (Å²) in [6, 6.07) is 5.53. The Kier molecular flexibility index (Phi) is 1.40. The van der Waals surface area contributed by atoms with Gasteiger partial charge in [0.1, 0.15) is 11.4 Å². The fourth-order valence-electron chi connectivity index (χ4n) is 1.14. The van der Waals surface area contributed by atoms with Crippen molar-refractivity contribution in [1.29, 1.82) is 0 Å². The molecular weight excluding hydrogens is 154 g/mol. The van der Waals surface area contributed by atoms with E-state index in [0.29, 0.717) is 5.75 Å². The number of guanidine groups is 1. The largest absolute Gasteiger partial charge is 0.494 e. The molecule has 0 unspecified atom stereocenters. The van der Waals surface area contributed by atoms with Gasteiger partial charge in [-0.05, 0) is 12.1 Å². The van der Waals surface area contributed by atoms with Gasteiger partial charge in [0, 0.05) is 0 Å². The van der Waals surface area contributed by atoms with E-state index < -0.39 is 0 Å². The molecule has 1 heterocycles. The van der Waals surface area contributed by atoms with Crippen LogP contribution >= 0.6 is 0 Å². The lowest BCUT2D eigenvalue weighted by Gasteiger charge is -2.01. The maximum absolute atomic E-state index is 5.44. The molecule has 1 radical (unpaired) electrons. The van der Waals surface area contributed by atoms with Crippen LogP contribution in [0, 0.1) is 0 Å². The maximum Gasteiger partial charge on any atom is 0.221 e. The topological polar surface area (TPSA) is 61.7 Å². The number of aliphatic imine (C=N–C) groups is 1. The molecule has 0 bridgehead atoms. The SMILES string of the molecule is COc1cccc2c1N=C(N)[N]2. The Labute approximate surface area is 70.1 Å². The first kappa shape index (κ1) is 6.97. The van der Waals surface area contributed by atoms with E-state index in [1.165, 1.54) is 0 Å². The molecular formula is C8H8N3O. The van der Waals surface area contributed by atoms with E-state index in [0.717, 1.165) is 11.4 Å². The van der Waals surface area contributed by atoms with Crippen LogP contribution in [0.5, 0.6) is 5.75 Å². The van der Waals surface area contributed by atoms with E-state index in [4.69, 9.17) is 10.5 Å². The summed E-state index contributed by atoms with van der Waals surface area (Å²) < 4.78 is 5.08. The molecule has 1 aromatic rings. The maximum atomic E-state index is 5.44. The molecule has 1 aliphatic rings. The van der Waals surface area contributed by atoms with Gasteiger partial charge in [-0.1, -0.05) is 6.07 Å². The van der Waals surface area contributed by atoms with Crippen LogP contribution in [0.15, 0.2) is 23.2 Å². The zero-order valence-corrected chi connectivity index (χ0v) is 6.61. The van der Waals surface area contributed by atoms with E-state index in [2.05, 4.69) is 10.3 Å². The lowest BCUT2D eigenvalue weighted by molar-refractivity contribution is 0.416. The van der Waals surface area contributed by atoms with Gasteiger partial charge in [0.25, 0.3) is 0 Å². The van der Waals surface area contributed by atoms with Crippen molar-refractivity contribution >= 4 is 17.3 Å². The van der Waals surface area contributed by atoms with E-state index in [1.807, 2.05) is 18.2 Å². The molecule has 0 aliphatic carbocycles. The van der Waals surface area contributed by atoms with Crippen LogP contribution in [-0.4, -0.2) is 13.1 Å². The van der Waals surface area contributed by atoms with Crippen LogP contribution in [0.1, 0.15) is 0 Å². The predicted molar refractivity (Wildman–Crippen MR) is 46.1 cm³/mol. The van der Waals surface area contributed by atoms with Gasteiger partial charge in [-0.2, -0.15) is 0 Å². The number of benzene rings is 1. The van der Waals surface area contributed by atoms with E-state index in [1.54, 1.807) is 7.11 Å². The van der Waals surface area contributed by atoms with Crippen molar-refractivity contribution in [1.82, 2.24) is 5.32 Å². The first-order valence-electron chi connectivity index (χ1n) is 3.54. The Morgan fingerprint density at radius 3 is 3.00 bits per heavy atom. The van der Waals surface area contributed by atoms with Crippen LogP contribution < -0.4 is 15.8 Å². The lowest BCUT2D eigenvalue weighted by Crippen LogP contribution is -2.16. The van der Waals surface area contributed by atoms with Gasteiger partial charge in [0.05, 0.1) is 12.8 Å². The van der Waals surface area contributed by atoms with Crippen molar-refractivity contribution in [2.75, 3.05) is 7.11 Å². The molecule has 61 valence electrons. The first-order valence-corrected chi connectivity index (χ1v) is 3.54. The highest BCUT2D eigenvalue weighted by molar-refractivity contribution is 5.95. The molecule has 4 heteroatoms. The standard InChI is InChI=1S/C8H8N3O/c1-12-6-4-2-3-5-7(6)11-8(9)10-5/h2-4H,1H3,(H2,9,11). The second-order valence-electron chi connectivity index (χ2n) is 2.41. The minimum absolute atomic E-state index is 0.287. The molecule has 2 rings (SSSR count). The zero-order valence-electron chi connectivity index (χ0n) is 6.61. The molecule has 1 aliphatic heterocycles. The quantitative estimate of drug-likeness (QED) is 0.666. The number of nitrogens with two attached hydrogens (primary N) is 1. The summed E-state index contributed by atoms with van der Waals surface area (Å²) in [6.07, 6.45) is 0. The van der Waals surface area contributed by atoms with Crippen molar-refractivity contribution < 1.29 is 4.74 Å². The fraction of sp³-hybridized carbons (Fsp3) is 0.125. The van der Waals surface area contributed by atoms with E-state index in [9.17, 15) is 0 Å². The summed E-state index contributed by atoms with van der Waals surface area (Å²) >= 11 is 0. The number of ether oxygens (including phenoxy) is 1. The predicted octanol–water partition coefficient (Wildman–Crippen LogP) is 0.891. The molecule has 0 saturated carbocycles. The summed E-state index contributed by atoms with van der Waals surface area (Å²) in [4.78, 5) is 4.03. The molecule has 0 aromatic heterocycles. The average Bonchev–Trinajstić information content (AvgIpc) is 2.44. The van der Waals surface area contributed by atoms with E-state index in [-0.39, 0.29) is 5.96 Å². The molecule has 0 fully saturated rings. The second-order valence-corrected chi connectivity index (χ2v) is 2.41. The van der Waals surface area contributed by atoms with Gasteiger partial charge in [0.15, 0.2) is 0 Å². The number of para-hydroxylation sites is 1. The highest BCUT2D eigenvalue weighted by Gasteiger charge is 2.16. The monoisotopic (exact) mass is 162 g/mol. The second kappa shape index (κ2) is 2.41. The lowest BCUT2D eigenvalue weighted by atomic mass is 10.2. The van der Waals surface area contributed by atoms with Crippen LogP contribution in [0.2, 0.25) is 0 Å². The summed E-state index contributed by atoms with van der Waals surface area (Å²) in [6.45, 7) is 0. The Bertz CT molecular complexity index is 346. The van der Waals surface area contributed by atoms with Gasteiger partial charge in [-0.3, -0.25) is 0 Å². The van der Waals surface area contributed by atoms with E-state index >= 15 is 0 Å². The zero-order chi connectivity index (χ0) is 8.55. The van der Waals surface area contributed by atoms with Crippen molar-refractivity contribution in [3.63, 3.8) is 0 Å². The first-order chi connectivity index (χ1) is 5.81. The third-order valence-corrected chi connectivity index (χ3v) is 1.66. The number of rotatable bonds is 1. The van der Waals surface area contributed by atoms with Crippen LogP contribution in [-0.2, 0) is 0 Å². The normalized spacial score (nSPS) is 13.2. The van der Waals surface area contributed by atoms with Crippen LogP contribution in [0.3, 0.4) is 0 Å². The number of hydrogen-bond acceptors (Lipinski definition) is 3. The summed E-state index contributed by atoms with van der Waals surface area (Å²) in [5, 5.41) is 4.01. The smallest absolute Gasteiger partial charge is 0.221 e. The van der Waals surface area contributed by atoms with Crippen molar-refractivity contribution in [2.45, 2.75) is 0 Å². The van der Waals surface area contributed by atoms with Crippen LogP contribution in [0.4, 0.5) is 11.4 Å². The van der Waals surface area contributed by atoms with Gasteiger partial charge in [-0.15, -0.1) is 0 Å². The van der Waals surface area contributed by atoms with Gasteiger partial charge < -0.3 is 10.5 Å². The Hall–Kier alpha value is -1.71. The molecule has 0 atom stereocenters. The van der Waals surface area contributed by atoms with Gasteiger partial charge in [-0.25, -0.2) is 10.3 Å². The summed E-state index contributed by atoms with van der Waals surface area (Å²) in [5.41, 5.74) is 6.93. The molecule has 0 amide bonds. The fourth-order valence-corrected chi connectivity index (χ4v) is 1.14. The average molecular weight is 162 g/mol. The summed E-state index contributed by atoms with van der Waals surface area (Å²) in [5.74, 6) is 0.992. The third-order valence-electron chi connectivity index (χ3n) is 1.66. The molecule has 2 N–H and O–H groups in total. The number of methoxy groups -OCH3 is 1. The molecule has 0 saturated heterocycles. The van der Waals surface area contributed by atoms with Gasteiger partial charge in [0.2, 0.25) is 5.96 Å². The molecule has 0 spiro atoms. The summed E-state index contributed by atoms with van der Waals surface area (Å²) in [7, 11) is 1.60. The number of nitrogens with zero attached hydrogens (tertiary/aromatic N) is 2. The van der Waals surface area contributed by atoms with Crippen LogP contribution in [0.25, 0.3) is 0 Å². The Morgan fingerprint density at radius 2 is 2.25 bits per heavy atom. The number of hydrogen-bond donors (Lipinski definition) is 1. The van der Waals surface area contributed by atoms with Crippen molar-refractivity contribution in [3.05, 3.63) is 18.2 Å².